The third-order valence-corrected chi connectivity index (χ3v) is 4.42. The van der Waals surface area contributed by atoms with Crippen molar-refractivity contribution >= 4 is 39.1 Å². The molecule has 106 valence electrons. The van der Waals surface area contributed by atoms with Crippen molar-refractivity contribution < 1.29 is 9.13 Å². The Morgan fingerprint density at radius 2 is 1.85 bits per heavy atom. The van der Waals surface area contributed by atoms with Gasteiger partial charge in [0.25, 0.3) is 0 Å². The van der Waals surface area contributed by atoms with Crippen LogP contribution in [0.2, 0.25) is 10.0 Å². The fourth-order valence-corrected chi connectivity index (χ4v) is 2.53. The molecule has 0 bridgehead atoms. The molecule has 0 aromatic heterocycles. The average molecular weight is 379 g/mol. The Bertz CT molecular complexity index is 651. The molecular formula is C14H11BrCl2FNO. The van der Waals surface area contributed by atoms with Gasteiger partial charge in [0.1, 0.15) is 11.6 Å². The molecule has 0 fully saturated rings. The highest BCUT2D eigenvalue weighted by molar-refractivity contribution is 9.10. The van der Waals surface area contributed by atoms with Crippen molar-refractivity contribution in [2.45, 2.75) is 6.04 Å². The van der Waals surface area contributed by atoms with Gasteiger partial charge in [-0.1, -0.05) is 35.3 Å². The van der Waals surface area contributed by atoms with Crippen LogP contribution in [0.3, 0.4) is 0 Å². The van der Waals surface area contributed by atoms with E-state index in [0.717, 1.165) is 0 Å². The minimum Gasteiger partial charge on any atom is -0.496 e. The summed E-state index contributed by atoms with van der Waals surface area (Å²) in [5, 5.41) is 0.526. The van der Waals surface area contributed by atoms with Crippen molar-refractivity contribution in [3.05, 3.63) is 61.8 Å². The van der Waals surface area contributed by atoms with Crippen LogP contribution in [0, 0.1) is 5.82 Å². The van der Waals surface area contributed by atoms with Crippen LogP contribution in [0.4, 0.5) is 4.39 Å². The van der Waals surface area contributed by atoms with Crippen LogP contribution in [0.1, 0.15) is 17.2 Å². The largest absolute Gasteiger partial charge is 0.496 e. The summed E-state index contributed by atoms with van der Waals surface area (Å²) in [5.74, 6) is -0.0472. The summed E-state index contributed by atoms with van der Waals surface area (Å²) in [6.07, 6.45) is 0. The second-order valence-electron chi connectivity index (χ2n) is 4.13. The fraction of sp³-hybridized carbons (Fsp3) is 0.143. The van der Waals surface area contributed by atoms with Gasteiger partial charge in [-0.15, -0.1) is 0 Å². The third kappa shape index (κ3) is 2.93. The van der Waals surface area contributed by atoms with E-state index in [4.69, 9.17) is 33.7 Å². The summed E-state index contributed by atoms with van der Waals surface area (Å²) in [5.41, 5.74) is 7.05. The van der Waals surface area contributed by atoms with Crippen LogP contribution >= 0.6 is 39.1 Å². The summed E-state index contributed by atoms with van der Waals surface area (Å²) in [6, 6.07) is 7.56. The Kier molecular flexibility index (Phi) is 4.91. The lowest BCUT2D eigenvalue weighted by molar-refractivity contribution is 0.407. The van der Waals surface area contributed by atoms with Crippen molar-refractivity contribution in [3.63, 3.8) is 0 Å². The zero-order valence-electron chi connectivity index (χ0n) is 10.5. The minimum atomic E-state index is -0.701. The molecule has 1 atom stereocenters. The molecule has 2 aromatic rings. The zero-order chi connectivity index (χ0) is 14.9. The van der Waals surface area contributed by atoms with E-state index in [1.807, 2.05) is 0 Å². The van der Waals surface area contributed by atoms with Gasteiger partial charge in [0.2, 0.25) is 0 Å². The summed E-state index contributed by atoms with van der Waals surface area (Å²) < 4.78 is 19.9. The van der Waals surface area contributed by atoms with Crippen LogP contribution in [-0.2, 0) is 0 Å². The summed E-state index contributed by atoms with van der Waals surface area (Å²) in [7, 11) is 1.51. The first kappa shape index (κ1) is 15.6. The normalized spacial score (nSPS) is 12.3. The molecule has 20 heavy (non-hydrogen) atoms. The average Bonchev–Trinajstić information content (AvgIpc) is 2.44. The quantitative estimate of drug-likeness (QED) is 0.766. The van der Waals surface area contributed by atoms with Crippen molar-refractivity contribution in [2.75, 3.05) is 7.11 Å². The molecule has 0 saturated heterocycles. The van der Waals surface area contributed by atoms with E-state index < -0.39 is 11.9 Å². The number of rotatable bonds is 3. The van der Waals surface area contributed by atoms with E-state index in [1.165, 1.54) is 7.11 Å². The highest BCUT2D eigenvalue weighted by Crippen LogP contribution is 2.35. The van der Waals surface area contributed by atoms with Gasteiger partial charge in [0.05, 0.1) is 18.2 Å². The van der Waals surface area contributed by atoms with E-state index in [-0.39, 0.29) is 5.02 Å². The van der Waals surface area contributed by atoms with Crippen LogP contribution in [0.25, 0.3) is 0 Å². The molecule has 2 nitrogen and oxygen atoms in total. The van der Waals surface area contributed by atoms with Gasteiger partial charge in [-0.05, 0) is 34.1 Å². The second-order valence-corrected chi connectivity index (χ2v) is 5.80. The molecule has 0 aliphatic carbocycles. The van der Waals surface area contributed by atoms with E-state index in [2.05, 4.69) is 15.9 Å². The molecule has 0 saturated carbocycles. The lowest BCUT2D eigenvalue weighted by Gasteiger charge is -2.17. The Morgan fingerprint density at radius 3 is 2.50 bits per heavy atom. The molecule has 6 heteroatoms. The lowest BCUT2D eigenvalue weighted by Crippen LogP contribution is -2.15. The highest BCUT2D eigenvalue weighted by Gasteiger charge is 2.20. The Morgan fingerprint density at radius 1 is 1.20 bits per heavy atom. The van der Waals surface area contributed by atoms with Crippen molar-refractivity contribution in [1.29, 1.82) is 0 Å². The maximum Gasteiger partial charge on any atom is 0.148 e. The smallest absolute Gasteiger partial charge is 0.148 e. The number of nitrogens with two attached hydrogens (primary N) is 1. The molecule has 0 amide bonds. The third-order valence-electron chi connectivity index (χ3n) is 2.93. The van der Waals surface area contributed by atoms with Gasteiger partial charge >= 0.3 is 0 Å². The fourth-order valence-electron chi connectivity index (χ4n) is 1.89. The Balaban J connectivity index is 2.52. The summed E-state index contributed by atoms with van der Waals surface area (Å²) >= 11 is 15.0. The van der Waals surface area contributed by atoms with E-state index in [0.29, 0.717) is 26.4 Å². The van der Waals surface area contributed by atoms with Gasteiger partial charge in [-0.25, -0.2) is 4.39 Å². The van der Waals surface area contributed by atoms with Gasteiger partial charge in [0, 0.05) is 20.6 Å². The van der Waals surface area contributed by atoms with Crippen LogP contribution in [-0.4, -0.2) is 7.11 Å². The molecule has 0 heterocycles. The predicted octanol–water partition coefficient (Wildman–Crippen LogP) is 4.95. The van der Waals surface area contributed by atoms with Gasteiger partial charge in [-0.3, -0.25) is 0 Å². The molecule has 2 rings (SSSR count). The SMILES string of the molecule is COc1cc(Cl)ccc1C(N)c1ccc(Br)c(Cl)c1F. The number of halogens is 4. The summed E-state index contributed by atoms with van der Waals surface area (Å²) in [4.78, 5) is 0. The molecule has 0 aliphatic rings. The second kappa shape index (κ2) is 6.31. The molecule has 2 N–H and O–H groups in total. The maximum absolute atomic E-state index is 14.2. The first-order valence-corrected chi connectivity index (χ1v) is 7.23. The minimum absolute atomic E-state index is 0.00544. The van der Waals surface area contributed by atoms with E-state index in [1.54, 1.807) is 30.3 Å². The topological polar surface area (TPSA) is 35.2 Å². The first-order valence-electron chi connectivity index (χ1n) is 5.68. The van der Waals surface area contributed by atoms with Crippen LogP contribution in [0.15, 0.2) is 34.8 Å². The number of hydrogen-bond acceptors (Lipinski definition) is 2. The maximum atomic E-state index is 14.2. The molecular weight excluding hydrogens is 368 g/mol. The number of hydrogen-bond donors (Lipinski definition) is 1. The summed E-state index contributed by atoms with van der Waals surface area (Å²) in [6.45, 7) is 0. The van der Waals surface area contributed by atoms with Crippen LogP contribution in [0.5, 0.6) is 5.75 Å². The van der Waals surface area contributed by atoms with Crippen molar-refractivity contribution in [1.82, 2.24) is 0 Å². The van der Waals surface area contributed by atoms with Gasteiger partial charge in [-0.2, -0.15) is 0 Å². The number of ether oxygens (including phenoxy) is 1. The Labute approximate surface area is 134 Å². The van der Waals surface area contributed by atoms with Crippen molar-refractivity contribution in [2.24, 2.45) is 5.73 Å². The van der Waals surface area contributed by atoms with Crippen molar-refractivity contribution in [3.8, 4) is 5.75 Å². The number of methoxy groups -OCH3 is 1. The Hall–Kier alpha value is -0.810. The molecule has 0 aliphatic heterocycles. The van der Waals surface area contributed by atoms with Gasteiger partial charge in [0.15, 0.2) is 0 Å². The molecule has 2 aromatic carbocycles. The zero-order valence-corrected chi connectivity index (χ0v) is 13.6. The number of benzene rings is 2. The monoisotopic (exact) mass is 377 g/mol. The highest BCUT2D eigenvalue weighted by atomic mass is 79.9. The van der Waals surface area contributed by atoms with Gasteiger partial charge < -0.3 is 10.5 Å². The predicted molar refractivity (Wildman–Crippen MR) is 83.1 cm³/mol. The lowest BCUT2D eigenvalue weighted by atomic mass is 9.98. The standard InChI is InChI=1S/C14H11BrCl2FNO/c1-20-11-6-7(16)2-3-8(11)14(19)9-4-5-10(15)12(17)13(9)18/h2-6,14H,19H2,1H3. The molecule has 0 radical (unpaired) electrons. The molecule has 1 unspecified atom stereocenters. The first-order chi connectivity index (χ1) is 9.45. The molecule has 0 spiro atoms. The van der Waals surface area contributed by atoms with E-state index in [9.17, 15) is 4.39 Å². The van der Waals surface area contributed by atoms with Crippen LogP contribution < -0.4 is 10.5 Å². The van der Waals surface area contributed by atoms with E-state index >= 15 is 0 Å².